The second kappa shape index (κ2) is 6.19. The maximum absolute atomic E-state index is 12.0. The lowest BCUT2D eigenvalue weighted by Gasteiger charge is -2.32. The Balaban J connectivity index is 2.12. The van der Waals surface area contributed by atoms with Gasteiger partial charge >= 0.3 is 13.1 Å². The van der Waals surface area contributed by atoms with Crippen LogP contribution in [0, 0.1) is 6.92 Å². The molecule has 0 aliphatic carbocycles. The van der Waals surface area contributed by atoms with E-state index >= 15 is 0 Å². The lowest BCUT2D eigenvalue weighted by atomic mass is 9.77. The zero-order valence-corrected chi connectivity index (χ0v) is 16.1. The zero-order chi connectivity index (χ0) is 18.3. The van der Waals surface area contributed by atoms with Crippen LogP contribution in [0.15, 0.2) is 18.2 Å². The minimum atomic E-state index is -0.465. The molecule has 1 aromatic rings. The summed E-state index contributed by atoms with van der Waals surface area (Å²) in [6, 6.07) is 5.95. The third-order valence-electron chi connectivity index (χ3n) is 4.65. The van der Waals surface area contributed by atoms with Crippen LogP contribution in [0.1, 0.15) is 59.6 Å². The molecule has 0 saturated carbocycles. The van der Waals surface area contributed by atoms with E-state index in [0.29, 0.717) is 0 Å². The molecule has 0 spiro atoms. The maximum Gasteiger partial charge on any atom is 0.494 e. The first-order chi connectivity index (χ1) is 10.8. The minimum Gasteiger partial charge on any atom is -0.460 e. The Labute approximate surface area is 146 Å². The van der Waals surface area contributed by atoms with Gasteiger partial charge in [0.1, 0.15) is 5.60 Å². The molecule has 0 atom stereocenters. The fourth-order valence-corrected chi connectivity index (χ4v) is 2.58. The Morgan fingerprint density at radius 3 is 2.12 bits per heavy atom. The quantitative estimate of drug-likeness (QED) is 0.630. The van der Waals surface area contributed by atoms with Crippen LogP contribution in [0.5, 0.6) is 0 Å². The van der Waals surface area contributed by atoms with Crippen LogP contribution >= 0.6 is 0 Å². The Hall–Kier alpha value is -1.33. The van der Waals surface area contributed by atoms with Crippen molar-refractivity contribution in [2.45, 2.75) is 78.6 Å². The molecule has 2 rings (SSSR count). The summed E-state index contributed by atoms with van der Waals surface area (Å²) >= 11 is 0. The van der Waals surface area contributed by atoms with E-state index in [0.717, 1.165) is 16.6 Å². The number of hydrogen-bond acceptors (Lipinski definition) is 4. The molecular formula is C19H29BO4. The molecule has 0 N–H and O–H groups in total. The largest absolute Gasteiger partial charge is 0.494 e. The van der Waals surface area contributed by atoms with Crippen molar-refractivity contribution in [3.63, 3.8) is 0 Å². The van der Waals surface area contributed by atoms with Gasteiger partial charge in [-0.05, 0) is 72.0 Å². The molecule has 0 aromatic heterocycles. The van der Waals surface area contributed by atoms with Crippen LogP contribution in [0.3, 0.4) is 0 Å². The maximum atomic E-state index is 12.0. The molecule has 132 valence electrons. The van der Waals surface area contributed by atoms with Crippen molar-refractivity contribution >= 4 is 18.6 Å². The standard InChI is InChI=1S/C19H29BO4/c1-13-11-15(20-23-18(5,6)19(7,8)24-20)10-9-14(13)12-16(21)22-17(2,3)4/h9-11H,12H2,1-8H3. The highest BCUT2D eigenvalue weighted by Gasteiger charge is 2.51. The first-order valence-corrected chi connectivity index (χ1v) is 8.48. The highest BCUT2D eigenvalue weighted by molar-refractivity contribution is 6.62. The van der Waals surface area contributed by atoms with Gasteiger partial charge in [-0.15, -0.1) is 0 Å². The third kappa shape index (κ3) is 4.20. The summed E-state index contributed by atoms with van der Waals surface area (Å²) in [6.45, 7) is 15.8. The number of rotatable bonds is 3. The predicted octanol–water partition coefficient (Wildman–Crippen LogP) is 3.18. The number of ether oxygens (including phenoxy) is 1. The number of esters is 1. The van der Waals surface area contributed by atoms with E-state index in [1.54, 1.807) is 0 Å². The number of aryl methyl sites for hydroxylation is 1. The Morgan fingerprint density at radius 2 is 1.67 bits per heavy atom. The van der Waals surface area contributed by atoms with Gasteiger partial charge in [0.2, 0.25) is 0 Å². The molecule has 1 saturated heterocycles. The first kappa shape index (κ1) is 19.0. The van der Waals surface area contributed by atoms with E-state index in [-0.39, 0.29) is 30.7 Å². The Kier molecular flexibility index (Phi) is 4.91. The van der Waals surface area contributed by atoms with Crippen molar-refractivity contribution in [3.05, 3.63) is 29.3 Å². The number of hydrogen-bond donors (Lipinski definition) is 0. The van der Waals surface area contributed by atoms with E-state index in [2.05, 4.69) is 0 Å². The molecule has 5 heteroatoms. The third-order valence-corrected chi connectivity index (χ3v) is 4.65. The van der Waals surface area contributed by atoms with Gasteiger partial charge in [-0.2, -0.15) is 0 Å². The summed E-state index contributed by atoms with van der Waals surface area (Å²) in [6.07, 6.45) is 0.271. The van der Waals surface area contributed by atoms with E-state index in [9.17, 15) is 4.79 Å². The van der Waals surface area contributed by atoms with Crippen LogP contribution in [-0.4, -0.2) is 29.9 Å². The van der Waals surface area contributed by atoms with Gasteiger partial charge in [-0.1, -0.05) is 18.2 Å². The normalized spacial score (nSPS) is 19.4. The average Bonchev–Trinajstić information content (AvgIpc) is 2.58. The highest BCUT2D eigenvalue weighted by atomic mass is 16.7. The molecule has 1 fully saturated rings. The van der Waals surface area contributed by atoms with Gasteiger partial charge < -0.3 is 14.0 Å². The summed E-state index contributed by atoms with van der Waals surface area (Å²) in [4.78, 5) is 12.0. The van der Waals surface area contributed by atoms with Crippen molar-refractivity contribution in [2.75, 3.05) is 0 Å². The molecule has 1 aromatic carbocycles. The summed E-state index contributed by atoms with van der Waals surface area (Å²) in [5, 5.41) is 0. The average molecular weight is 332 g/mol. The molecular weight excluding hydrogens is 303 g/mol. The van der Waals surface area contributed by atoms with Crippen molar-refractivity contribution in [1.29, 1.82) is 0 Å². The second-order valence-electron chi connectivity index (χ2n) is 8.54. The summed E-state index contributed by atoms with van der Waals surface area (Å²) < 4.78 is 17.5. The minimum absolute atomic E-state index is 0.214. The highest BCUT2D eigenvalue weighted by Crippen LogP contribution is 2.36. The van der Waals surface area contributed by atoms with E-state index < -0.39 is 5.60 Å². The Morgan fingerprint density at radius 1 is 1.12 bits per heavy atom. The number of benzene rings is 1. The second-order valence-corrected chi connectivity index (χ2v) is 8.54. The fourth-order valence-electron chi connectivity index (χ4n) is 2.58. The topological polar surface area (TPSA) is 44.8 Å². The van der Waals surface area contributed by atoms with Gasteiger partial charge in [-0.3, -0.25) is 4.79 Å². The van der Waals surface area contributed by atoms with Gasteiger partial charge in [0.05, 0.1) is 17.6 Å². The SMILES string of the molecule is Cc1cc(B2OC(C)(C)C(C)(C)O2)ccc1CC(=O)OC(C)(C)C. The van der Waals surface area contributed by atoms with Gasteiger partial charge in [0, 0.05) is 0 Å². The van der Waals surface area contributed by atoms with Gasteiger partial charge in [0.15, 0.2) is 0 Å². The summed E-state index contributed by atoms with van der Waals surface area (Å²) in [7, 11) is -0.385. The molecule has 0 amide bonds. The van der Waals surface area contributed by atoms with Gasteiger partial charge in [-0.25, -0.2) is 0 Å². The number of carbonyl (C=O) groups excluding carboxylic acids is 1. The van der Waals surface area contributed by atoms with Gasteiger partial charge in [0.25, 0.3) is 0 Å². The smallest absolute Gasteiger partial charge is 0.460 e. The molecule has 0 bridgehead atoms. The molecule has 24 heavy (non-hydrogen) atoms. The number of carbonyl (C=O) groups is 1. The lowest BCUT2D eigenvalue weighted by molar-refractivity contribution is -0.153. The lowest BCUT2D eigenvalue weighted by Crippen LogP contribution is -2.41. The molecule has 0 unspecified atom stereocenters. The predicted molar refractivity (Wildman–Crippen MR) is 96.4 cm³/mol. The van der Waals surface area contributed by atoms with Crippen LogP contribution in [0.4, 0.5) is 0 Å². The van der Waals surface area contributed by atoms with Crippen LogP contribution in [0.2, 0.25) is 0 Å². The van der Waals surface area contributed by atoms with Crippen LogP contribution in [0.25, 0.3) is 0 Å². The molecule has 1 heterocycles. The fraction of sp³-hybridized carbons (Fsp3) is 0.632. The van der Waals surface area contributed by atoms with Crippen molar-refractivity contribution in [2.24, 2.45) is 0 Å². The van der Waals surface area contributed by atoms with Crippen LogP contribution in [-0.2, 0) is 25.3 Å². The molecule has 1 aliphatic rings. The van der Waals surface area contributed by atoms with E-state index in [1.165, 1.54) is 0 Å². The van der Waals surface area contributed by atoms with Crippen molar-refractivity contribution < 1.29 is 18.8 Å². The first-order valence-electron chi connectivity index (χ1n) is 8.48. The monoisotopic (exact) mass is 332 g/mol. The van der Waals surface area contributed by atoms with Crippen molar-refractivity contribution in [3.8, 4) is 0 Å². The Bertz CT molecular complexity index is 613. The molecule has 0 radical (unpaired) electrons. The molecule has 1 aliphatic heterocycles. The van der Waals surface area contributed by atoms with Crippen LogP contribution < -0.4 is 5.46 Å². The summed E-state index contributed by atoms with van der Waals surface area (Å²) in [5.41, 5.74) is 1.78. The molecule has 4 nitrogen and oxygen atoms in total. The van der Waals surface area contributed by atoms with Crippen molar-refractivity contribution in [1.82, 2.24) is 0 Å². The summed E-state index contributed by atoms with van der Waals surface area (Å²) in [5.74, 6) is -0.214. The van der Waals surface area contributed by atoms with E-state index in [4.69, 9.17) is 14.0 Å². The zero-order valence-electron chi connectivity index (χ0n) is 16.1. The van der Waals surface area contributed by atoms with E-state index in [1.807, 2.05) is 73.6 Å².